The Balaban J connectivity index is 2.64. The number of hydrogen-bond donors (Lipinski definition) is 0. The Morgan fingerprint density at radius 1 is 1.36 bits per heavy atom. The topological polar surface area (TPSA) is 60.2 Å². The van der Waals surface area contributed by atoms with E-state index in [1.54, 1.807) is 0 Å². The molecule has 0 aromatic heterocycles. The van der Waals surface area contributed by atoms with E-state index in [0.717, 1.165) is 5.56 Å². The van der Waals surface area contributed by atoms with Gasteiger partial charge >= 0.3 is 0 Å². The highest BCUT2D eigenvalue weighted by Gasteiger charge is 2.25. The first-order chi connectivity index (χ1) is 6.59. The molecule has 1 aliphatic carbocycles. The molecule has 1 aromatic rings. The predicted octanol–water partition coefficient (Wildman–Crippen LogP) is 2.38. The third-order valence-corrected chi connectivity index (χ3v) is 2.63. The molecular formula is C9H6ClNO3. The van der Waals surface area contributed by atoms with Crippen LogP contribution in [-0.2, 0) is 6.42 Å². The van der Waals surface area contributed by atoms with Gasteiger partial charge < -0.3 is 0 Å². The number of halogens is 1. The zero-order valence-electron chi connectivity index (χ0n) is 7.12. The van der Waals surface area contributed by atoms with Gasteiger partial charge in [-0.15, -0.1) is 0 Å². The summed E-state index contributed by atoms with van der Waals surface area (Å²) in [5.41, 5.74) is 1.02. The first-order valence-corrected chi connectivity index (χ1v) is 4.47. The standard InChI is InChI=1S/C9H6ClNO3/c10-8-4-5(11(13)14)3-7-6(8)1-2-9(7)12/h3-4H,1-2H2. The van der Waals surface area contributed by atoms with Gasteiger partial charge in [-0.25, -0.2) is 0 Å². The van der Waals surface area contributed by atoms with E-state index < -0.39 is 4.92 Å². The highest BCUT2D eigenvalue weighted by Crippen LogP contribution is 2.32. The van der Waals surface area contributed by atoms with Crippen LogP contribution in [0.3, 0.4) is 0 Å². The fourth-order valence-electron chi connectivity index (χ4n) is 1.60. The first kappa shape index (κ1) is 9.15. The van der Waals surface area contributed by atoms with Gasteiger partial charge in [-0.2, -0.15) is 0 Å². The van der Waals surface area contributed by atoms with Crippen LogP contribution in [0.5, 0.6) is 0 Å². The maximum atomic E-state index is 11.3. The molecule has 0 saturated heterocycles. The summed E-state index contributed by atoms with van der Waals surface area (Å²) in [5, 5.41) is 10.8. The van der Waals surface area contributed by atoms with Crippen LogP contribution in [0.1, 0.15) is 22.3 Å². The molecule has 2 rings (SSSR count). The molecule has 0 amide bonds. The van der Waals surface area contributed by atoms with Crippen LogP contribution in [0.2, 0.25) is 5.02 Å². The number of nitro groups is 1. The van der Waals surface area contributed by atoms with Gasteiger partial charge in [0.2, 0.25) is 0 Å². The Hall–Kier alpha value is -1.42. The van der Waals surface area contributed by atoms with Crippen molar-refractivity contribution in [3.8, 4) is 0 Å². The van der Waals surface area contributed by atoms with Gasteiger partial charge in [0, 0.05) is 24.1 Å². The molecular weight excluding hydrogens is 206 g/mol. The molecule has 0 atom stereocenters. The number of carbonyl (C=O) groups excluding carboxylic acids is 1. The van der Waals surface area contributed by atoms with Gasteiger partial charge in [0.05, 0.1) is 9.95 Å². The van der Waals surface area contributed by atoms with Crippen molar-refractivity contribution >= 4 is 23.1 Å². The minimum absolute atomic E-state index is 0.0643. The van der Waals surface area contributed by atoms with E-state index in [-0.39, 0.29) is 11.5 Å². The van der Waals surface area contributed by atoms with E-state index in [4.69, 9.17) is 11.6 Å². The van der Waals surface area contributed by atoms with Crippen LogP contribution in [0.15, 0.2) is 12.1 Å². The van der Waals surface area contributed by atoms with Gasteiger partial charge in [0.1, 0.15) is 0 Å². The number of benzene rings is 1. The first-order valence-electron chi connectivity index (χ1n) is 4.09. The van der Waals surface area contributed by atoms with Crippen molar-refractivity contribution < 1.29 is 9.72 Å². The molecule has 1 aliphatic rings. The lowest BCUT2D eigenvalue weighted by Crippen LogP contribution is -1.95. The van der Waals surface area contributed by atoms with Crippen LogP contribution >= 0.6 is 11.6 Å². The summed E-state index contributed by atoms with van der Waals surface area (Å²) in [6, 6.07) is 2.59. The third kappa shape index (κ3) is 1.28. The Labute approximate surface area is 84.6 Å². The van der Waals surface area contributed by atoms with Crippen LogP contribution in [0.25, 0.3) is 0 Å². The highest BCUT2D eigenvalue weighted by atomic mass is 35.5. The summed E-state index contributed by atoms with van der Waals surface area (Å²) in [5.74, 6) is -0.0643. The molecule has 1 aromatic carbocycles. The van der Waals surface area contributed by atoms with Gasteiger partial charge in [0.15, 0.2) is 5.78 Å². The van der Waals surface area contributed by atoms with Crippen molar-refractivity contribution in [3.63, 3.8) is 0 Å². The van der Waals surface area contributed by atoms with Crippen molar-refractivity contribution in [2.45, 2.75) is 12.8 Å². The van der Waals surface area contributed by atoms with Crippen molar-refractivity contribution in [1.29, 1.82) is 0 Å². The lowest BCUT2D eigenvalue weighted by atomic mass is 10.1. The third-order valence-electron chi connectivity index (χ3n) is 2.29. The average molecular weight is 212 g/mol. The second-order valence-corrected chi connectivity index (χ2v) is 3.54. The zero-order chi connectivity index (χ0) is 10.3. The smallest absolute Gasteiger partial charge is 0.271 e. The summed E-state index contributed by atoms with van der Waals surface area (Å²) in [7, 11) is 0. The number of fused-ring (bicyclic) bond motifs is 1. The summed E-state index contributed by atoms with van der Waals surface area (Å²) < 4.78 is 0. The molecule has 72 valence electrons. The molecule has 4 nitrogen and oxygen atoms in total. The minimum Gasteiger partial charge on any atom is -0.294 e. The SMILES string of the molecule is O=C1CCc2c(Cl)cc([N+](=O)[O-])cc21. The number of non-ortho nitro benzene ring substituents is 1. The van der Waals surface area contributed by atoms with Crippen molar-refractivity contribution in [3.05, 3.63) is 38.4 Å². The Bertz CT molecular complexity index is 442. The molecule has 0 radical (unpaired) electrons. The van der Waals surface area contributed by atoms with Crippen LogP contribution in [-0.4, -0.2) is 10.7 Å². The molecule has 0 spiro atoms. The summed E-state index contributed by atoms with van der Waals surface area (Å²) in [6.45, 7) is 0. The number of hydrogen-bond acceptors (Lipinski definition) is 3. The quantitative estimate of drug-likeness (QED) is 0.529. The predicted molar refractivity (Wildman–Crippen MR) is 50.8 cm³/mol. The number of Topliss-reactive ketones (excluding diaryl/α,β-unsaturated/α-hetero) is 1. The van der Waals surface area contributed by atoms with Crippen molar-refractivity contribution in [1.82, 2.24) is 0 Å². The number of carbonyl (C=O) groups is 1. The van der Waals surface area contributed by atoms with Crippen LogP contribution < -0.4 is 0 Å². The lowest BCUT2D eigenvalue weighted by molar-refractivity contribution is -0.384. The van der Waals surface area contributed by atoms with Crippen molar-refractivity contribution in [2.75, 3.05) is 0 Å². The number of nitro benzene ring substituents is 1. The van der Waals surface area contributed by atoms with Crippen LogP contribution in [0.4, 0.5) is 5.69 Å². The second-order valence-electron chi connectivity index (χ2n) is 3.13. The monoisotopic (exact) mass is 211 g/mol. The minimum atomic E-state index is -0.544. The molecule has 0 heterocycles. The second kappa shape index (κ2) is 3.06. The normalized spacial score (nSPS) is 14.2. The summed E-state index contributed by atoms with van der Waals surface area (Å²) in [4.78, 5) is 21.3. The number of ketones is 1. The van der Waals surface area contributed by atoms with E-state index in [1.807, 2.05) is 0 Å². The fourth-order valence-corrected chi connectivity index (χ4v) is 1.91. The average Bonchev–Trinajstić information content (AvgIpc) is 2.48. The van der Waals surface area contributed by atoms with E-state index in [9.17, 15) is 14.9 Å². The van der Waals surface area contributed by atoms with Gasteiger partial charge in [-0.05, 0) is 12.0 Å². The largest absolute Gasteiger partial charge is 0.294 e. The Kier molecular flexibility index (Phi) is 2.00. The van der Waals surface area contributed by atoms with Crippen molar-refractivity contribution in [2.24, 2.45) is 0 Å². The lowest BCUT2D eigenvalue weighted by Gasteiger charge is -2.00. The molecule has 0 N–H and O–H groups in total. The number of nitrogens with zero attached hydrogens (tertiary/aromatic N) is 1. The molecule has 0 bridgehead atoms. The van der Waals surface area contributed by atoms with Gasteiger partial charge in [-0.1, -0.05) is 11.6 Å². The van der Waals surface area contributed by atoms with E-state index >= 15 is 0 Å². The van der Waals surface area contributed by atoms with E-state index in [1.165, 1.54) is 12.1 Å². The van der Waals surface area contributed by atoms with E-state index in [0.29, 0.717) is 23.4 Å². The number of rotatable bonds is 1. The molecule has 0 unspecified atom stereocenters. The Morgan fingerprint density at radius 3 is 2.71 bits per heavy atom. The molecule has 0 aliphatic heterocycles. The maximum Gasteiger partial charge on any atom is 0.271 e. The molecule has 0 saturated carbocycles. The van der Waals surface area contributed by atoms with Crippen LogP contribution in [0, 0.1) is 10.1 Å². The highest BCUT2D eigenvalue weighted by molar-refractivity contribution is 6.32. The molecule has 14 heavy (non-hydrogen) atoms. The fraction of sp³-hybridized carbons (Fsp3) is 0.222. The molecule has 0 fully saturated rings. The summed E-state index contributed by atoms with van der Waals surface area (Å²) >= 11 is 5.83. The van der Waals surface area contributed by atoms with Gasteiger partial charge in [-0.3, -0.25) is 14.9 Å². The maximum absolute atomic E-state index is 11.3. The molecule has 5 heteroatoms. The van der Waals surface area contributed by atoms with Gasteiger partial charge in [0.25, 0.3) is 5.69 Å². The van der Waals surface area contributed by atoms with E-state index in [2.05, 4.69) is 0 Å². The Morgan fingerprint density at radius 2 is 2.07 bits per heavy atom. The summed E-state index contributed by atoms with van der Waals surface area (Å²) in [6.07, 6.45) is 0.987. The zero-order valence-corrected chi connectivity index (χ0v) is 7.87.